The first kappa shape index (κ1) is 8.78. The van der Waals surface area contributed by atoms with Crippen LogP contribution in [0.4, 0.5) is 10.1 Å². The van der Waals surface area contributed by atoms with Crippen LogP contribution in [0.3, 0.4) is 0 Å². The maximum atomic E-state index is 13.0. The predicted molar refractivity (Wildman–Crippen MR) is 49.7 cm³/mol. The van der Waals surface area contributed by atoms with E-state index in [1.54, 1.807) is 7.05 Å². The quantitative estimate of drug-likeness (QED) is 0.358. The Balaban J connectivity index is 3.28. The molecule has 12 heavy (non-hydrogen) atoms. The van der Waals surface area contributed by atoms with Gasteiger partial charge in [-0.2, -0.15) is 0 Å². The highest BCUT2D eigenvalue weighted by atomic mass is 19.1. The Morgan fingerprint density at radius 2 is 2.25 bits per heavy atom. The van der Waals surface area contributed by atoms with Gasteiger partial charge in [-0.15, -0.1) is 0 Å². The largest absolute Gasteiger partial charge is 0.398 e. The van der Waals surface area contributed by atoms with Crippen molar-refractivity contribution in [1.82, 2.24) is 0 Å². The second-order valence-electron chi connectivity index (χ2n) is 2.39. The first-order valence-corrected chi connectivity index (χ1v) is 3.42. The summed E-state index contributed by atoms with van der Waals surface area (Å²) in [6, 6.07) is 2.72. The van der Waals surface area contributed by atoms with Crippen LogP contribution < -0.4 is 11.2 Å². The average molecular weight is 162 g/mol. The molecule has 0 aromatic heterocycles. The predicted octanol–water partition coefficient (Wildman–Crippen LogP) is 0.250. The van der Waals surface area contributed by atoms with Gasteiger partial charge in [-0.05, 0) is 12.1 Å². The number of hydrogen-bond donors (Lipinski definition) is 1. The highest BCUT2D eigenvalue weighted by Crippen LogP contribution is 2.10. The Morgan fingerprint density at radius 1 is 1.58 bits per heavy atom. The van der Waals surface area contributed by atoms with Crippen molar-refractivity contribution < 1.29 is 4.39 Å². The molecule has 0 fully saturated rings. The van der Waals surface area contributed by atoms with Gasteiger partial charge >= 0.3 is 0 Å². The monoisotopic (exact) mass is 162 g/mol. The molecule has 0 aliphatic rings. The summed E-state index contributed by atoms with van der Waals surface area (Å²) in [6.07, 6.45) is 1.37. The van der Waals surface area contributed by atoms with E-state index in [0.717, 1.165) is 0 Å². The number of aliphatic imine (C=N–C) groups is 1. The lowest BCUT2D eigenvalue weighted by Crippen LogP contribution is -2.08. The van der Waals surface area contributed by atoms with E-state index < -0.39 is 5.82 Å². The molecule has 2 radical (unpaired) electrons. The summed E-state index contributed by atoms with van der Waals surface area (Å²) in [6.45, 7) is 0. The van der Waals surface area contributed by atoms with Gasteiger partial charge in [-0.3, -0.25) is 4.99 Å². The van der Waals surface area contributed by atoms with Gasteiger partial charge in [-0.1, -0.05) is 5.46 Å². The van der Waals surface area contributed by atoms with Gasteiger partial charge in [-0.25, -0.2) is 4.39 Å². The van der Waals surface area contributed by atoms with Gasteiger partial charge in [0.05, 0.1) is 5.56 Å². The van der Waals surface area contributed by atoms with E-state index in [1.807, 2.05) is 0 Å². The number of nitrogens with zero attached hydrogens (tertiary/aromatic N) is 1. The Kier molecular flexibility index (Phi) is 2.48. The minimum atomic E-state index is -0.446. The molecule has 0 aliphatic carbocycles. The van der Waals surface area contributed by atoms with Crippen molar-refractivity contribution in [2.75, 3.05) is 12.8 Å². The van der Waals surface area contributed by atoms with Gasteiger partial charge in [0.1, 0.15) is 13.7 Å². The zero-order valence-electron chi connectivity index (χ0n) is 6.71. The minimum absolute atomic E-state index is 0.284. The summed E-state index contributed by atoms with van der Waals surface area (Å²) in [4.78, 5) is 3.67. The summed E-state index contributed by atoms with van der Waals surface area (Å²) in [5.74, 6) is -0.446. The van der Waals surface area contributed by atoms with Crippen LogP contribution in [-0.4, -0.2) is 21.1 Å². The molecule has 0 saturated carbocycles. The lowest BCUT2D eigenvalue weighted by atomic mass is 9.94. The van der Waals surface area contributed by atoms with E-state index in [4.69, 9.17) is 13.6 Å². The molecule has 0 amide bonds. The van der Waals surface area contributed by atoms with E-state index in [-0.39, 0.29) is 5.56 Å². The molecule has 1 aromatic carbocycles. The van der Waals surface area contributed by atoms with E-state index in [1.165, 1.54) is 18.3 Å². The molecule has 0 heterocycles. The molecule has 2 N–H and O–H groups in total. The molecule has 0 saturated heterocycles. The summed E-state index contributed by atoms with van der Waals surface area (Å²) < 4.78 is 13.0. The molecule has 0 bridgehead atoms. The second kappa shape index (κ2) is 3.39. The SMILES string of the molecule is [B]c1cc(N)c(C=NC)c(F)c1. The van der Waals surface area contributed by atoms with Gasteiger partial charge in [0.25, 0.3) is 0 Å². The standard InChI is InChI=1S/C8H8BFN2/c1-12-4-6-7(10)2-5(9)3-8(6)11/h2-4H,11H2,1H3. The molecule has 0 aliphatic heterocycles. The number of anilines is 1. The number of rotatable bonds is 1. The van der Waals surface area contributed by atoms with E-state index in [0.29, 0.717) is 11.2 Å². The van der Waals surface area contributed by atoms with Gasteiger partial charge < -0.3 is 5.73 Å². The normalized spacial score (nSPS) is 10.8. The highest BCUT2D eigenvalue weighted by Gasteiger charge is 2.03. The molecule has 0 spiro atoms. The smallest absolute Gasteiger partial charge is 0.133 e. The van der Waals surface area contributed by atoms with Crippen molar-refractivity contribution >= 4 is 25.2 Å². The van der Waals surface area contributed by atoms with Crippen LogP contribution in [0.15, 0.2) is 17.1 Å². The Morgan fingerprint density at radius 3 is 2.75 bits per heavy atom. The van der Waals surface area contributed by atoms with Crippen molar-refractivity contribution in [1.29, 1.82) is 0 Å². The summed E-state index contributed by atoms with van der Waals surface area (Å²) in [5.41, 5.74) is 6.40. The third kappa shape index (κ3) is 1.64. The first-order valence-electron chi connectivity index (χ1n) is 3.42. The lowest BCUT2D eigenvalue weighted by molar-refractivity contribution is 0.628. The number of nitrogen functional groups attached to an aromatic ring is 1. The Bertz CT molecular complexity index is 300. The molecular weight excluding hydrogens is 154 g/mol. The molecule has 1 rings (SSSR count). The molecular formula is C8H8BFN2. The van der Waals surface area contributed by atoms with E-state index in [9.17, 15) is 4.39 Å². The fourth-order valence-electron chi connectivity index (χ4n) is 0.926. The van der Waals surface area contributed by atoms with Crippen LogP contribution >= 0.6 is 0 Å². The highest BCUT2D eigenvalue weighted by molar-refractivity contribution is 6.32. The zero-order chi connectivity index (χ0) is 9.14. The second-order valence-corrected chi connectivity index (χ2v) is 2.39. The number of benzene rings is 1. The zero-order valence-corrected chi connectivity index (χ0v) is 6.71. The van der Waals surface area contributed by atoms with Crippen molar-refractivity contribution in [2.24, 2.45) is 4.99 Å². The Labute approximate surface area is 71.7 Å². The maximum absolute atomic E-state index is 13.0. The van der Waals surface area contributed by atoms with Gasteiger partial charge in [0, 0.05) is 18.9 Å². The fraction of sp³-hybridized carbons (Fsp3) is 0.125. The van der Waals surface area contributed by atoms with Crippen LogP contribution in [0.1, 0.15) is 5.56 Å². The van der Waals surface area contributed by atoms with Crippen molar-refractivity contribution in [2.45, 2.75) is 0 Å². The fourth-order valence-corrected chi connectivity index (χ4v) is 0.926. The number of halogens is 1. The topological polar surface area (TPSA) is 38.4 Å². The summed E-state index contributed by atoms with van der Waals surface area (Å²) >= 11 is 0. The van der Waals surface area contributed by atoms with Crippen LogP contribution in [0, 0.1) is 5.82 Å². The minimum Gasteiger partial charge on any atom is -0.398 e. The Hall–Kier alpha value is -1.32. The van der Waals surface area contributed by atoms with Crippen LogP contribution in [0.5, 0.6) is 0 Å². The number of nitrogens with two attached hydrogens (primary N) is 1. The van der Waals surface area contributed by atoms with Crippen molar-refractivity contribution in [3.8, 4) is 0 Å². The van der Waals surface area contributed by atoms with E-state index in [2.05, 4.69) is 4.99 Å². The number of hydrogen-bond acceptors (Lipinski definition) is 2. The van der Waals surface area contributed by atoms with Gasteiger partial charge in [0.15, 0.2) is 0 Å². The van der Waals surface area contributed by atoms with Crippen LogP contribution in [-0.2, 0) is 0 Å². The average Bonchev–Trinajstić information content (AvgIpc) is 1.96. The first-order chi connectivity index (χ1) is 5.65. The molecule has 4 heteroatoms. The van der Waals surface area contributed by atoms with E-state index >= 15 is 0 Å². The molecule has 2 nitrogen and oxygen atoms in total. The van der Waals surface area contributed by atoms with Gasteiger partial charge in [0.2, 0.25) is 0 Å². The summed E-state index contributed by atoms with van der Waals surface area (Å²) in [7, 11) is 6.91. The van der Waals surface area contributed by atoms with Crippen molar-refractivity contribution in [3.05, 3.63) is 23.5 Å². The third-order valence-corrected chi connectivity index (χ3v) is 1.44. The molecule has 60 valence electrons. The lowest BCUT2D eigenvalue weighted by Gasteiger charge is -2.02. The maximum Gasteiger partial charge on any atom is 0.133 e. The third-order valence-electron chi connectivity index (χ3n) is 1.44. The molecule has 1 aromatic rings. The van der Waals surface area contributed by atoms with Crippen LogP contribution in [0.2, 0.25) is 0 Å². The summed E-state index contributed by atoms with van der Waals surface area (Å²) in [5, 5.41) is 0. The van der Waals surface area contributed by atoms with Crippen LogP contribution in [0.25, 0.3) is 0 Å². The van der Waals surface area contributed by atoms with Crippen molar-refractivity contribution in [3.63, 3.8) is 0 Å². The molecule has 0 unspecified atom stereocenters. The molecule has 0 atom stereocenters.